The third-order valence-corrected chi connectivity index (χ3v) is 4.33. The maximum Gasteiger partial charge on any atom is 0.166 e. The van der Waals surface area contributed by atoms with Crippen molar-refractivity contribution in [3.63, 3.8) is 0 Å². The molecule has 3 aromatic carbocycles. The van der Waals surface area contributed by atoms with Gasteiger partial charge in [-0.3, -0.25) is 0 Å². The summed E-state index contributed by atoms with van der Waals surface area (Å²) in [7, 11) is 0. The predicted octanol–water partition coefficient (Wildman–Crippen LogP) is 6.03. The maximum atomic E-state index is 14.5. The van der Waals surface area contributed by atoms with E-state index < -0.39 is 11.6 Å². The van der Waals surface area contributed by atoms with E-state index in [1.54, 1.807) is 12.1 Å². The van der Waals surface area contributed by atoms with Crippen molar-refractivity contribution in [1.29, 1.82) is 0 Å². The van der Waals surface area contributed by atoms with Gasteiger partial charge in [-0.05, 0) is 43.4 Å². The van der Waals surface area contributed by atoms with Gasteiger partial charge >= 0.3 is 0 Å². The van der Waals surface area contributed by atoms with Crippen LogP contribution in [0.4, 0.5) is 8.78 Å². The van der Waals surface area contributed by atoms with Gasteiger partial charge in [-0.1, -0.05) is 71.8 Å². The number of halogens is 2. The van der Waals surface area contributed by atoms with E-state index in [9.17, 15) is 8.78 Å². The van der Waals surface area contributed by atoms with Crippen molar-refractivity contribution in [1.82, 2.24) is 0 Å². The molecule has 3 rings (SSSR count). The lowest BCUT2D eigenvalue weighted by atomic mass is 9.98. The van der Waals surface area contributed by atoms with E-state index in [-0.39, 0.29) is 0 Å². The lowest BCUT2D eigenvalue weighted by molar-refractivity contribution is 0.501. The number of benzene rings is 3. The summed E-state index contributed by atoms with van der Waals surface area (Å²) in [6.07, 6.45) is 1.18. The highest BCUT2D eigenvalue weighted by Gasteiger charge is 2.14. The average molecular weight is 322 g/mol. The monoisotopic (exact) mass is 322 g/mol. The van der Waals surface area contributed by atoms with Gasteiger partial charge in [0.25, 0.3) is 0 Å². The van der Waals surface area contributed by atoms with Crippen LogP contribution in [0.25, 0.3) is 11.1 Å². The van der Waals surface area contributed by atoms with Crippen molar-refractivity contribution < 1.29 is 8.78 Å². The van der Waals surface area contributed by atoms with Crippen LogP contribution in [0.2, 0.25) is 0 Å². The maximum absolute atomic E-state index is 14.5. The molecule has 0 heterocycles. The average Bonchev–Trinajstić information content (AvgIpc) is 2.59. The highest BCUT2D eigenvalue weighted by Crippen LogP contribution is 2.27. The second-order valence-electron chi connectivity index (χ2n) is 6.25. The Kier molecular flexibility index (Phi) is 4.75. The Bertz CT molecular complexity index is 831. The van der Waals surface area contributed by atoms with Gasteiger partial charge in [-0.2, -0.15) is 0 Å². The quantitative estimate of drug-likeness (QED) is 0.550. The SMILES string of the molecule is Cc1ccc(CCc2ccc(-c3ccc(C)cc3)c(F)c2F)cc1. The minimum atomic E-state index is -0.764. The summed E-state index contributed by atoms with van der Waals surface area (Å²) in [5.41, 5.74) is 4.84. The minimum absolute atomic E-state index is 0.312. The van der Waals surface area contributed by atoms with Crippen LogP contribution in [-0.2, 0) is 12.8 Å². The molecule has 0 saturated carbocycles. The fourth-order valence-corrected chi connectivity index (χ4v) is 2.77. The van der Waals surface area contributed by atoms with Crippen molar-refractivity contribution in [2.45, 2.75) is 26.7 Å². The van der Waals surface area contributed by atoms with Gasteiger partial charge in [0.05, 0.1) is 0 Å². The molecule has 2 heteroatoms. The molecule has 3 aromatic rings. The van der Waals surface area contributed by atoms with E-state index in [1.807, 2.05) is 62.4 Å². The molecule has 0 atom stereocenters. The Morgan fingerprint density at radius 2 is 1.21 bits per heavy atom. The molecule has 0 unspecified atom stereocenters. The molecule has 24 heavy (non-hydrogen) atoms. The Morgan fingerprint density at radius 1 is 0.625 bits per heavy atom. The predicted molar refractivity (Wildman–Crippen MR) is 95.1 cm³/mol. The van der Waals surface area contributed by atoms with Crippen LogP contribution in [0.1, 0.15) is 22.3 Å². The van der Waals surface area contributed by atoms with E-state index in [0.717, 1.165) is 11.1 Å². The summed E-state index contributed by atoms with van der Waals surface area (Å²) in [6, 6.07) is 18.9. The first-order chi connectivity index (χ1) is 11.5. The Morgan fingerprint density at radius 3 is 1.83 bits per heavy atom. The van der Waals surface area contributed by atoms with E-state index in [0.29, 0.717) is 29.5 Å². The molecule has 0 radical (unpaired) electrons. The molecule has 0 nitrogen and oxygen atoms in total. The van der Waals surface area contributed by atoms with Crippen LogP contribution < -0.4 is 0 Å². The smallest absolute Gasteiger partial charge is 0.166 e. The van der Waals surface area contributed by atoms with Crippen LogP contribution in [0.5, 0.6) is 0 Å². The van der Waals surface area contributed by atoms with E-state index in [4.69, 9.17) is 0 Å². The van der Waals surface area contributed by atoms with Gasteiger partial charge in [0.1, 0.15) is 0 Å². The first-order valence-corrected chi connectivity index (χ1v) is 8.14. The summed E-state index contributed by atoms with van der Waals surface area (Å²) in [5, 5.41) is 0. The Hall–Kier alpha value is -2.48. The summed E-state index contributed by atoms with van der Waals surface area (Å²) < 4.78 is 28.9. The molecule has 0 fully saturated rings. The van der Waals surface area contributed by atoms with Crippen LogP contribution in [0.15, 0.2) is 60.7 Å². The lowest BCUT2D eigenvalue weighted by Gasteiger charge is -2.09. The minimum Gasteiger partial charge on any atom is -0.203 e. The van der Waals surface area contributed by atoms with Crippen LogP contribution in [-0.4, -0.2) is 0 Å². The third-order valence-electron chi connectivity index (χ3n) is 4.33. The topological polar surface area (TPSA) is 0 Å². The molecule has 0 aliphatic heterocycles. The van der Waals surface area contributed by atoms with Crippen molar-refractivity contribution in [2.75, 3.05) is 0 Å². The number of hydrogen-bond acceptors (Lipinski definition) is 0. The van der Waals surface area contributed by atoms with Crippen molar-refractivity contribution >= 4 is 0 Å². The van der Waals surface area contributed by atoms with Gasteiger partial charge in [-0.15, -0.1) is 0 Å². The second kappa shape index (κ2) is 6.96. The summed E-state index contributed by atoms with van der Waals surface area (Å²) >= 11 is 0. The highest BCUT2D eigenvalue weighted by molar-refractivity contribution is 5.65. The molecule has 122 valence electrons. The van der Waals surface area contributed by atoms with Gasteiger partial charge < -0.3 is 0 Å². The first kappa shape index (κ1) is 16.4. The molecule has 0 bridgehead atoms. The number of rotatable bonds is 4. The Labute approximate surface area is 141 Å². The van der Waals surface area contributed by atoms with Crippen LogP contribution in [0, 0.1) is 25.5 Å². The largest absolute Gasteiger partial charge is 0.203 e. The van der Waals surface area contributed by atoms with Gasteiger partial charge in [0.15, 0.2) is 11.6 Å². The molecule has 0 spiro atoms. The third kappa shape index (κ3) is 3.53. The second-order valence-corrected chi connectivity index (χ2v) is 6.25. The van der Waals surface area contributed by atoms with Crippen LogP contribution >= 0.6 is 0 Å². The standard InChI is InChI=1S/C22H20F2/c1-15-3-7-17(8-4-15)9-12-19-13-14-20(22(24)21(19)23)18-10-5-16(2)6-11-18/h3-8,10-11,13-14H,9,12H2,1-2H3. The fraction of sp³-hybridized carbons (Fsp3) is 0.182. The Balaban J connectivity index is 1.82. The molecule has 0 aliphatic carbocycles. The molecule has 0 N–H and O–H groups in total. The fourth-order valence-electron chi connectivity index (χ4n) is 2.77. The van der Waals surface area contributed by atoms with E-state index >= 15 is 0 Å². The van der Waals surface area contributed by atoms with E-state index in [1.165, 1.54) is 5.56 Å². The van der Waals surface area contributed by atoms with Gasteiger partial charge in [0.2, 0.25) is 0 Å². The normalized spacial score (nSPS) is 10.8. The van der Waals surface area contributed by atoms with Gasteiger partial charge in [-0.25, -0.2) is 8.78 Å². The van der Waals surface area contributed by atoms with Crippen LogP contribution in [0.3, 0.4) is 0 Å². The van der Waals surface area contributed by atoms with E-state index in [2.05, 4.69) is 0 Å². The zero-order chi connectivity index (χ0) is 17.1. The molecule has 0 saturated heterocycles. The van der Waals surface area contributed by atoms with Crippen molar-refractivity contribution in [2.24, 2.45) is 0 Å². The first-order valence-electron chi connectivity index (χ1n) is 8.14. The number of hydrogen-bond donors (Lipinski definition) is 0. The zero-order valence-corrected chi connectivity index (χ0v) is 13.9. The van der Waals surface area contributed by atoms with Crippen molar-refractivity contribution in [3.05, 3.63) is 94.6 Å². The highest BCUT2D eigenvalue weighted by atomic mass is 19.2. The molecule has 0 aromatic heterocycles. The zero-order valence-electron chi connectivity index (χ0n) is 13.9. The van der Waals surface area contributed by atoms with Crippen molar-refractivity contribution in [3.8, 4) is 11.1 Å². The summed E-state index contributed by atoms with van der Waals surface area (Å²) in [4.78, 5) is 0. The van der Waals surface area contributed by atoms with Gasteiger partial charge in [0, 0.05) is 5.56 Å². The summed E-state index contributed by atoms with van der Waals surface area (Å²) in [5.74, 6) is -1.50. The molecule has 0 aliphatic rings. The summed E-state index contributed by atoms with van der Waals surface area (Å²) in [6.45, 7) is 4.00. The molecular formula is C22H20F2. The molecule has 0 amide bonds. The number of aryl methyl sites for hydroxylation is 4. The lowest BCUT2D eigenvalue weighted by Crippen LogP contribution is -1.99. The molecular weight excluding hydrogens is 302 g/mol.